The lowest BCUT2D eigenvalue weighted by atomic mass is 10.1. The molecule has 0 saturated heterocycles. The third kappa shape index (κ3) is 3.10. The first-order chi connectivity index (χ1) is 9.84. The van der Waals surface area contributed by atoms with Crippen molar-refractivity contribution < 1.29 is 18.3 Å². The van der Waals surface area contributed by atoms with Crippen molar-refractivity contribution in [3.8, 4) is 0 Å². The molecule has 1 aliphatic rings. The fourth-order valence-electron chi connectivity index (χ4n) is 1.94. The smallest absolute Gasteiger partial charge is 0.365 e. The maximum atomic E-state index is 12.9. The Morgan fingerprint density at radius 2 is 1.82 bits per heavy atom. The number of rotatable bonds is 1. The van der Waals surface area contributed by atoms with E-state index in [4.69, 9.17) is 34.8 Å². The van der Waals surface area contributed by atoms with Crippen LogP contribution in [0.2, 0.25) is 0 Å². The second kappa shape index (κ2) is 5.36. The molecule has 1 atom stereocenters. The first kappa shape index (κ1) is 17.5. The molecule has 0 radical (unpaired) electrons. The number of aromatic nitrogens is 2. The normalized spacial score (nSPS) is 23.0. The standard InChI is InChI=1S/C11H10Cl3F3N4O/c1-5-3-7(10(15,16)17)19-8(18-5)21-9(22,11(12,13)14)4-6(2)20-21/h3,22H,4H2,1-2H3. The largest absolute Gasteiger partial charge is 0.433 e. The minimum Gasteiger partial charge on any atom is -0.365 e. The molecular weight excluding hydrogens is 368 g/mol. The van der Waals surface area contributed by atoms with Gasteiger partial charge in [-0.1, -0.05) is 34.8 Å². The number of aliphatic hydroxyl groups is 1. The minimum atomic E-state index is -4.68. The molecule has 0 bridgehead atoms. The van der Waals surface area contributed by atoms with Crippen molar-refractivity contribution in [2.45, 2.75) is 36.0 Å². The lowest BCUT2D eigenvalue weighted by molar-refractivity contribution is -0.141. The maximum absolute atomic E-state index is 12.9. The van der Waals surface area contributed by atoms with Gasteiger partial charge in [0.25, 0.3) is 0 Å². The van der Waals surface area contributed by atoms with E-state index in [9.17, 15) is 18.3 Å². The van der Waals surface area contributed by atoms with Crippen LogP contribution in [-0.2, 0) is 6.18 Å². The molecule has 1 unspecified atom stereocenters. The number of nitrogens with zero attached hydrogens (tertiary/aromatic N) is 4. The van der Waals surface area contributed by atoms with Crippen molar-refractivity contribution in [1.82, 2.24) is 9.97 Å². The van der Waals surface area contributed by atoms with E-state index in [0.717, 1.165) is 6.07 Å². The Morgan fingerprint density at radius 3 is 2.32 bits per heavy atom. The highest BCUT2D eigenvalue weighted by atomic mass is 35.6. The van der Waals surface area contributed by atoms with Crippen LogP contribution < -0.4 is 5.01 Å². The van der Waals surface area contributed by atoms with Gasteiger partial charge in [0.1, 0.15) is 5.69 Å². The fraction of sp³-hybridized carbons (Fsp3) is 0.545. The van der Waals surface area contributed by atoms with E-state index < -0.39 is 27.3 Å². The van der Waals surface area contributed by atoms with Gasteiger partial charge in [0.15, 0.2) is 0 Å². The Labute approximate surface area is 138 Å². The summed E-state index contributed by atoms with van der Waals surface area (Å²) in [6, 6.07) is 0.768. The molecular formula is C11H10Cl3F3N4O. The SMILES string of the molecule is CC1=NN(c2nc(C)cc(C(F)(F)F)n2)C(O)(C(Cl)(Cl)Cl)C1. The molecule has 1 aliphatic heterocycles. The van der Waals surface area contributed by atoms with E-state index >= 15 is 0 Å². The highest BCUT2D eigenvalue weighted by molar-refractivity contribution is 6.68. The van der Waals surface area contributed by atoms with Crippen LogP contribution in [0.5, 0.6) is 0 Å². The number of hydrazone groups is 1. The van der Waals surface area contributed by atoms with Gasteiger partial charge < -0.3 is 5.11 Å². The van der Waals surface area contributed by atoms with Crippen molar-refractivity contribution in [1.29, 1.82) is 0 Å². The lowest BCUT2D eigenvalue weighted by Gasteiger charge is -2.36. The first-order valence-electron chi connectivity index (χ1n) is 5.91. The number of halogens is 6. The molecule has 1 aromatic rings. The van der Waals surface area contributed by atoms with Crippen LogP contribution in [0.4, 0.5) is 19.1 Å². The molecule has 0 aliphatic carbocycles. The van der Waals surface area contributed by atoms with Crippen LogP contribution in [0.25, 0.3) is 0 Å². The predicted octanol–water partition coefficient (Wildman–Crippen LogP) is 3.45. The lowest BCUT2D eigenvalue weighted by Crippen LogP contribution is -2.54. The second-order valence-corrected chi connectivity index (χ2v) is 7.11. The third-order valence-corrected chi connectivity index (χ3v) is 3.81. The summed E-state index contributed by atoms with van der Waals surface area (Å²) in [6.07, 6.45) is -4.86. The van der Waals surface area contributed by atoms with Gasteiger partial charge in [-0.3, -0.25) is 0 Å². The Bertz CT molecular complexity index is 632. The molecule has 11 heteroatoms. The van der Waals surface area contributed by atoms with Crippen molar-refractivity contribution in [3.05, 3.63) is 17.5 Å². The number of hydrogen-bond acceptors (Lipinski definition) is 5. The number of alkyl halides is 6. The number of hydrogen-bond donors (Lipinski definition) is 1. The molecule has 22 heavy (non-hydrogen) atoms. The van der Waals surface area contributed by atoms with E-state index in [1.165, 1.54) is 13.8 Å². The van der Waals surface area contributed by atoms with Crippen LogP contribution in [0.3, 0.4) is 0 Å². The number of anilines is 1. The fourth-order valence-corrected chi connectivity index (χ4v) is 2.38. The highest BCUT2D eigenvalue weighted by Crippen LogP contribution is 2.46. The summed E-state index contributed by atoms with van der Waals surface area (Å²) in [5.74, 6) is -0.502. The summed E-state index contributed by atoms with van der Waals surface area (Å²) < 4.78 is 36.3. The molecule has 5 nitrogen and oxygen atoms in total. The molecule has 0 spiro atoms. The molecule has 0 saturated carbocycles. The van der Waals surface area contributed by atoms with E-state index in [2.05, 4.69) is 15.1 Å². The van der Waals surface area contributed by atoms with Crippen LogP contribution in [0.1, 0.15) is 24.7 Å². The summed E-state index contributed by atoms with van der Waals surface area (Å²) >= 11 is 17.2. The van der Waals surface area contributed by atoms with Crippen molar-refractivity contribution >= 4 is 46.5 Å². The zero-order valence-electron chi connectivity index (χ0n) is 11.3. The Kier molecular flexibility index (Phi) is 4.27. The molecule has 1 aromatic heterocycles. The number of aryl methyl sites for hydroxylation is 1. The maximum Gasteiger partial charge on any atom is 0.433 e. The minimum absolute atomic E-state index is 0.0312. The van der Waals surface area contributed by atoms with Crippen LogP contribution >= 0.6 is 34.8 Å². The predicted molar refractivity (Wildman–Crippen MR) is 77.2 cm³/mol. The molecule has 2 rings (SSSR count). The van der Waals surface area contributed by atoms with Gasteiger partial charge in [0.05, 0.1) is 0 Å². The monoisotopic (exact) mass is 376 g/mol. The van der Waals surface area contributed by atoms with Gasteiger partial charge in [-0.2, -0.15) is 23.3 Å². The van der Waals surface area contributed by atoms with Gasteiger partial charge >= 0.3 is 6.18 Å². The van der Waals surface area contributed by atoms with Crippen molar-refractivity contribution in [3.63, 3.8) is 0 Å². The topological polar surface area (TPSA) is 61.6 Å². The second-order valence-electron chi connectivity index (χ2n) is 4.83. The zero-order chi connectivity index (χ0) is 16.9. The summed E-state index contributed by atoms with van der Waals surface area (Å²) in [4.78, 5) is 7.22. The molecule has 0 fully saturated rings. The van der Waals surface area contributed by atoms with E-state index in [-0.39, 0.29) is 12.1 Å². The average Bonchev–Trinajstić information content (AvgIpc) is 2.63. The van der Waals surface area contributed by atoms with E-state index in [0.29, 0.717) is 10.7 Å². The van der Waals surface area contributed by atoms with Crippen molar-refractivity contribution in [2.24, 2.45) is 5.10 Å². The van der Waals surface area contributed by atoms with Gasteiger partial charge in [0, 0.05) is 17.8 Å². The summed E-state index contributed by atoms with van der Waals surface area (Å²) in [5.41, 5.74) is -2.98. The molecule has 2 heterocycles. The van der Waals surface area contributed by atoms with Gasteiger partial charge in [0.2, 0.25) is 15.5 Å². The zero-order valence-corrected chi connectivity index (χ0v) is 13.6. The van der Waals surface area contributed by atoms with E-state index in [1.54, 1.807) is 0 Å². The Balaban J connectivity index is 2.57. The summed E-state index contributed by atoms with van der Waals surface area (Å²) in [6.45, 7) is 2.88. The van der Waals surface area contributed by atoms with Crippen LogP contribution in [-0.4, -0.2) is 30.3 Å². The quantitative estimate of drug-likeness (QED) is 0.762. The summed E-state index contributed by atoms with van der Waals surface area (Å²) in [5, 5.41) is 15.2. The molecule has 122 valence electrons. The van der Waals surface area contributed by atoms with Crippen LogP contribution in [0, 0.1) is 6.92 Å². The molecule has 0 aromatic carbocycles. The Morgan fingerprint density at radius 1 is 1.23 bits per heavy atom. The van der Waals surface area contributed by atoms with E-state index in [1.807, 2.05) is 0 Å². The van der Waals surface area contributed by atoms with Gasteiger partial charge in [-0.15, -0.1) is 0 Å². The molecule has 0 amide bonds. The van der Waals surface area contributed by atoms with Gasteiger partial charge in [-0.25, -0.2) is 9.97 Å². The third-order valence-electron chi connectivity index (χ3n) is 2.90. The average molecular weight is 378 g/mol. The van der Waals surface area contributed by atoms with Gasteiger partial charge in [-0.05, 0) is 19.9 Å². The van der Waals surface area contributed by atoms with Crippen molar-refractivity contribution in [2.75, 3.05) is 5.01 Å². The summed E-state index contributed by atoms with van der Waals surface area (Å²) in [7, 11) is 0. The first-order valence-corrected chi connectivity index (χ1v) is 7.04. The molecule has 1 N–H and O–H groups in total. The highest BCUT2D eigenvalue weighted by Gasteiger charge is 2.56. The van der Waals surface area contributed by atoms with Crippen LogP contribution in [0.15, 0.2) is 11.2 Å². The Hall–Kier alpha value is -0.830.